The van der Waals surface area contributed by atoms with Gasteiger partial charge in [0.25, 0.3) is 0 Å². The van der Waals surface area contributed by atoms with Crippen LogP contribution < -0.4 is 10.6 Å². The van der Waals surface area contributed by atoms with Crippen LogP contribution >= 0.6 is 11.3 Å². The SMILES string of the molecule is CCCN(CC(=O)Nc1cc(C)c(C(=O)OCC)s1)C(C)C(=O)Nc1ccccc1. The molecule has 0 aliphatic heterocycles. The number of nitrogens with zero attached hydrogens (tertiary/aromatic N) is 1. The number of carbonyl (C=O) groups excluding carboxylic acids is 3. The van der Waals surface area contributed by atoms with E-state index >= 15 is 0 Å². The number of amides is 2. The minimum atomic E-state index is -0.476. The van der Waals surface area contributed by atoms with Gasteiger partial charge in [-0.25, -0.2) is 4.79 Å². The number of esters is 1. The quantitative estimate of drug-likeness (QED) is 0.557. The third kappa shape index (κ3) is 6.67. The Morgan fingerprint density at radius 3 is 2.47 bits per heavy atom. The molecule has 0 spiro atoms. The summed E-state index contributed by atoms with van der Waals surface area (Å²) in [6, 6.07) is 10.5. The van der Waals surface area contributed by atoms with Gasteiger partial charge in [0, 0.05) is 5.69 Å². The van der Waals surface area contributed by atoms with Crippen molar-refractivity contribution in [3.8, 4) is 0 Å². The summed E-state index contributed by atoms with van der Waals surface area (Å²) in [5, 5.41) is 6.29. The number of nitrogens with one attached hydrogen (secondary N) is 2. The van der Waals surface area contributed by atoms with Crippen molar-refractivity contribution in [3.63, 3.8) is 0 Å². The topological polar surface area (TPSA) is 87.7 Å². The van der Waals surface area contributed by atoms with Crippen molar-refractivity contribution in [2.45, 2.75) is 40.2 Å². The van der Waals surface area contributed by atoms with Crippen molar-refractivity contribution in [1.82, 2.24) is 4.90 Å². The van der Waals surface area contributed by atoms with Crippen LogP contribution in [-0.4, -0.2) is 48.4 Å². The van der Waals surface area contributed by atoms with Gasteiger partial charge in [-0.2, -0.15) is 0 Å². The molecular weight excluding hydrogens is 402 g/mol. The molecule has 0 aliphatic carbocycles. The molecule has 0 fully saturated rings. The molecule has 2 rings (SSSR count). The molecular formula is C22H29N3O4S. The summed E-state index contributed by atoms with van der Waals surface area (Å²) < 4.78 is 5.04. The number of ether oxygens (including phenoxy) is 1. The van der Waals surface area contributed by atoms with E-state index in [9.17, 15) is 14.4 Å². The molecule has 30 heavy (non-hydrogen) atoms. The fourth-order valence-electron chi connectivity index (χ4n) is 2.94. The zero-order valence-electron chi connectivity index (χ0n) is 17.9. The average molecular weight is 432 g/mol. The number of benzene rings is 1. The molecule has 2 aromatic rings. The van der Waals surface area contributed by atoms with E-state index in [2.05, 4.69) is 10.6 Å². The lowest BCUT2D eigenvalue weighted by Crippen LogP contribution is -2.46. The Hall–Kier alpha value is -2.71. The first kappa shape index (κ1) is 23.6. The van der Waals surface area contributed by atoms with Crippen molar-refractivity contribution < 1.29 is 19.1 Å². The molecule has 1 atom stereocenters. The fraction of sp³-hybridized carbons (Fsp3) is 0.409. The molecule has 8 heteroatoms. The molecule has 2 amide bonds. The van der Waals surface area contributed by atoms with E-state index in [0.29, 0.717) is 23.0 Å². The highest BCUT2D eigenvalue weighted by Gasteiger charge is 2.24. The average Bonchev–Trinajstić information content (AvgIpc) is 3.08. The highest BCUT2D eigenvalue weighted by Crippen LogP contribution is 2.27. The van der Waals surface area contributed by atoms with Crippen LogP contribution in [0.15, 0.2) is 36.4 Å². The Bertz CT molecular complexity index is 867. The van der Waals surface area contributed by atoms with E-state index in [0.717, 1.165) is 17.7 Å². The van der Waals surface area contributed by atoms with Gasteiger partial charge in [0.1, 0.15) is 4.88 Å². The molecule has 162 valence electrons. The number of carbonyl (C=O) groups is 3. The summed E-state index contributed by atoms with van der Waals surface area (Å²) in [6.07, 6.45) is 0.807. The number of hydrogen-bond acceptors (Lipinski definition) is 6. The number of thiophene rings is 1. The minimum Gasteiger partial charge on any atom is -0.462 e. The van der Waals surface area contributed by atoms with E-state index in [1.54, 1.807) is 26.8 Å². The number of hydrogen-bond donors (Lipinski definition) is 2. The molecule has 1 aromatic heterocycles. The predicted octanol–water partition coefficient (Wildman–Crippen LogP) is 3.91. The van der Waals surface area contributed by atoms with Gasteiger partial charge in [0.2, 0.25) is 11.8 Å². The van der Waals surface area contributed by atoms with Crippen LogP contribution in [-0.2, 0) is 14.3 Å². The van der Waals surface area contributed by atoms with Crippen LogP contribution in [0.5, 0.6) is 0 Å². The van der Waals surface area contributed by atoms with Crippen molar-refractivity contribution in [2.24, 2.45) is 0 Å². The minimum absolute atomic E-state index is 0.0723. The fourth-order valence-corrected chi connectivity index (χ4v) is 3.92. The van der Waals surface area contributed by atoms with Crippen molar-refractivity contribution in [3.05, 3.63) is 46.8 Å². The Morgan fingerprint density at radius 1 is 1.13 bits per heavy atom. The van der Waals surface area contributed by atoms with Crippen molar-refractivity contribution in [1.29, 1.82) is 0 Å². The normalized spacial score (nSPS) is 11.8. The van der Waals surface area contributed by atoms with Gasteiger partial charge in [-0.3, -0.25) is 14.5 Å². The summed E-state index contributed by atoms with van der Waals surface area (Å²) in [5.74, 6) is -0.794. The standard InChI is InChI=1S/C22H29N3O4S/c1-5-12-25(16(4)21(27)23-17-10-8-7-9-11-17)14-18(26)24-19-13-15(3)20(30-19)22(28)29-6-2/h7-11,13,16H,5-6,12,14H2,1-4H3,(H,23,27)(H,24,26). The summed E-state index contributed by atoms with van der Waals surface area (Å²) in [4.78, 5) is 39.5. The number of para-hydroxylation sites is 1. The lowest BCUT2D eigenvalue weighted by Gasteiger charge is -2.27. The second-order valence-corrected chi connectivity index (χ2v) is 7.95. The molecule has 1 unspecified atom stereocenters. The van der Waals surface area contributed by atoms with Crippen LogP contribution in [0.2, 0.25) is 0 Å². The summed E-state index contributed by atoms with van der Waals surface area (Å²) >= 11 is 1.19. The monoisotopic (exact) mass is 431 g/mol. The van der Waals surface area contributed by atoms with E-state index in [1.165, 1.54) is 11.3 Å². The second-order valence-electron chi connectivity index (χ2n) is 6.89. The van der Waals surface area contributed by atoms with E-state index in [-0.39, 0.29) is 24.3 Å². The van der Waals surface area contributed by atoms with Gasteiger partial charge in [0.05, 0.1) is 24.2 Å². The first-order valence-corrected chi connectivity index (χ1v) is 10.8. The third-order valence-electron chi connectivity index (χ3n) is 4.47. The number of anilines is 2. The third-order valence-corrected chi connectivity index (χ3v) is 5.60. The van der Waals surface area contributed by atoms with Gasteiger partial charge < -0.3 is 15.4 Å². The summed E-state index contributed by atoms with van der Waals surface area (Å²) in [5.41, 5.74) is 1.48. The maximum atomic E-state index is 12.6. The Balaban J connectivity index is 2.00. The largest absolute Gasteiger partial charge is 0.462 e. The highest BCUT2D eigenvalue weighted by molar-refractivity contribution is 7.18. The maximum absolute atomic E-state index is 12.6. The van der Waals surface area contributed by atoms with Crippen LogP contribution in [0.25, 0.3) is 0 Å². The molecule has 0 aliphatic rings. The molecule has 7 nitrogen and oxygen atoms in total. The Labute approximate surface area is 181 Å². The molecule has 0 radical (unpaired) electrons. The number of rotatable bonds is 10. The first-order chi connectivity index (χ1) is 14.3. The molecule has 0 saturated carbocycles. The summed E-state index contributed by atoms with van der Waals surface area (Å²) in [6.45, 7) is 8.32. The lowest BCUT2D eigenvalue weighted by molar-refractivity contribution is -0.123. The van der Waals surface area contributed by atoms with Gasteiger partial charge in [-0.05, 0) is 57.5 Å². The van der Waals surface area contributed by atoms with E-state index in [4.69, 9.17) is 4.74 Å². The van der Waals surface area contributed by atoms with Crippen molar-refractivity contribution >= 4 is 39.8 Å². The molecule has 1 aromatic carbocycles. The maximum Gasteiger partial charge on any atom is 0.348 e. The second kappa shape index (κ2) is 11.5. The van der Waals surface area contributed by atoms with Crippen LogP contribution in [0.4, 0.5) is 10.7 Å². The van der Waals surface area contributed by atoms with Gasteiger partial charge in [-0.1, -0.05) is 25.1 Å². The molecule has 1 heterocycles. The van der Waals surface area contributed by atoms with Crippen LogP contribution in [0, 0.1) is 6.92 Å². The lowest BCUT2D eigenvalue weighted by atomic mass is 10.2. The smallest absolute Gasteiger partial charge is 0.348 e. The highest BCUT2D eigenvalue weighted by atomic mass is 32.1. The Morgan fingerprint density at radius 2 is 1.83 bits per heavy atom. The first-order valence-electron chi connectivity index (χ1n) is 10.0. The molecule has 0 bridgehead atoms. The van der Waals surface area contributed by atoms with E-state index in [1.807, 2.05) is 42.2 Å². The Kier molecular flexibility index (Phi) is 9.01. The van der Waals surface area contributed by atoms with Gasteiger partial charge in [0.15, 0.2) is 0 Å². The van der Waals surface area contributed by atoms with Crippen LogP contribution in [0.3, 0.4) is 0 Å². The van der Waals surface area contributed by atoms with Gasteiger partial charge >= 0.3 is 5.97 Å². The van der Waals surface area contributed by atoms with Gasteiger partial charge in [-0.15, -0.1) is 11.3 Å². The summed E-state index contributed by atoms with van der Waals surface area (Å²) in [7, 11) is 0. The van der Waals surface area contributed by atoms with Crippen molar-refractivity contribution in [2.75, 3.05) is 30.3 Å². The van der Waals surface area contributed by atoms with Crippen LogP contribution in [0.1, 0.15) is 42.4 Å². The number of aryl methyl sites for hydroxylation is 1. The zero-order valence-corrected chi connectivity index (χ0v) is 18.7. The zero-order chi connectivity index (χ0) is 22.1. The van der Waals surface area contributed by atoms with E-state index < -0.39 is 6.04 Å². The molecule has 0 saturated heterocycles. The predicted molar refractivity (Wildman–Crippen MR) is 120 cm³/mol. The molecule has 2 N–H and O–H groups in total.